The highest BCUT2D eigenvalue weighted by atomic mass is 16.5. The van der Waals surface area contributed by atoms with Crippen LogP contribution in [0.25, 0.3) is 0 Å². The van der Waals surface area contributed by atoms with Gasteiger partial charge in [0, 0.05) is 18.9 Å². The Morgan fingerprint density at radius 2 is 1.94 bits per heavy atom. The molecule has 0 saturated carbocycles. The van der Waals surface area contributed by atoms with Crippen LogP contribution in [0.5, 0.6) is 0 Å². The zero-order chi connectivity index (χ0) is 13.6. The summed E-state index contributed by atoms with van der Waals surface area (Å²) < 4.78 is 5.13. The van der Waals surface area contributed by atoms with Crippen molar-refractivity contribution in [3.63, 3.8) is 0 Å². The summed E-state index contributed by atoms with van der Waals surface area (Å²) in [6.07, 6.45) is 3.80. The van der Waals surface area contributed by atoms with E-state index < -0.39 is 11.5 Å². The highest BCUT2D eigenvalue weighted by Gasteiger charge is 2.44. The summed E-state index contributed by atoms with van der Waals surface area (Å²) in [5, 5.41) is 12.0. The average molecular weight is 257 g/mol. The summed E-state index contributed by atoms with van der Waals surface area (Å²) in [7, 11) is 0. The summed E-state index contributed by atoms with van der Waals surface area (Å²) in [4.78, 5) is 23.5. The fraction of sp³-hybridized carbons (Fsp3) is 0.846. The Hall–Kier alpha value is -1.10. The molecule has 1 aliphatic rings. The third-order valence-corrected chi connectivity index (χ3v) is 3.44. The molecule has 5 heteroatoms. The zero-order valence-corrected chi connectivity index (χ0v) is 11.2. The van der Waals surface area contributed by atoms with Crippen LogP contribution >= 0.6 is 0 Å². The van der Waals surface area contributed by atoms with Crippen molar-refractivity contribution in [1.82, 2.24) is 5.32 Å². The van der Waals surface area contributed by atoms with Gasteiger partial charge in [-0.15, -0.1) is 0 Å². The summed E-state index contributed by atoms with van der Waals surface area (Å²) in [5.41, 5.74) is -1.21. The lowest BCUT2D eigenvalue weighted by molar-refractivity contribution is -0.148. The van der Waals surface area contributed by atoms with Crippen LogP contribution in [0, 0.1) is 5.92 Å². The monoisotopic (exact) mass is 257 g/mol. The second-order valence-corrected chi connectivity index (χ2v) is 4.95. The van der Waals surface area contributed by atoms with Crippen LogP contribution in [0.4, 0.5) is 0 Å². The van der Waals surface area contributed by atoms with Crippen LogP contribution in [-0.4, -0.2) is 35.7 Å². The first-order chi connectivity index (χ1) is 8.55. The third-order valence-electron chi connectivity index (χ3n) is 3.44. The van der Waals surface area contributed by atoms with Crippen molar-refractivity contribution in [3.8, 4) is 0 Å². The molecule has 1 saturated heterocycles. The molecule has 1 heterocycles. The molecular weight excluding hydrogens is 234 g/mol. The molecule has 18 heavy (non-hydrogen) atoms. The van der Waals surface area contributed by atoms with E-state index in [0.717, 1.165) is 25.7 Å². The molecule has 1 fully saturated rings. The van der Waals surface area contributed by atoms with Crippen molar-refractivity contribution >= 4 is 11.9 Å². The first kappa shape index (κ1) is 15.0. The Bertz CT molecular complexity index is 291. The lowest BCUT2D eigenvalue weighted by atomic mass is 9.93. The molecule has 1 unspecified atom stereocenters. The van der Waals surface area contributed by atoms with Gasteiger partial charge in [0.15, 0.2) is 5.54 Å². The number of hydrogen-bond donors (Lipinski definition) is 2. The molecule has 0 aromatic rings. The minimum absolute atomic E-state index is 0.0685. The van der Waals surface area contributed by atoms with Crippen LogP contribution in [-0.2, 0) is 14.3 Å². The topological polar surface area (TPSA) is 75.6 Å². The fourth-order valence-electron chi connectivity index (χ4n) is 2.33. The van der Waals surface area contributed by atoms with Gasteiger partial charge in [-0.3, -0.25) is 4.79 Å². The zero-order valence-electron chi connectivity index (χ0n) is 11.2. The Morgan fingerprint density at radius 3 is 2.33 bits per heavy atom. The van der Waals surface area contributed by atoms with Gasteiger partial charge in [0.05, 0.1) is 6.61 Å². The average Bonchev–Trinajstić information content (AvgIpc) is 2.78. The summed E-state index contributed by atoms with van der Waals surface area (Å²) >= 11 is 0. The molecule has 104 valence electrons. The normalized spacial score (nSPS) is 23.3. The molecular formula is C13H23NO4. The number of carbonyl (C=O) groups is 2. The van der Waals surface area contributed by atoms with Crippen molar-refractivity contribution < 1.29 is 19.4 Å². The maximum atomic E-state index is 12.2. The molecule has 0 aliphatic carbocycles. The second-order valence-electron chi connectivity index (χ2n) is 4.95. The van der Waals surface area contributed by atoms with Crippen molar-refractivity contribution in [2.75, 3.05) is 13.2 Å². The van der Waals surface area contributed by atoms with Crippen molar-refractivity contribution in [1.29, 1.82) is 0 Å². The van der Waals surface area contributed by atoms with Gasteiger partial charge in [0.1, 0.15) is 0 Å². The smallest absolute Gasteiger partial charge is 0.331 e. The van der Waals surface area contributed by atoms with Crippen LogP contribution in [0.1, 0.15) is 46.0 Å². The predicted octanol–water partition coefficient (Wildman–Crippen LogP) is 1.56. The van der Waals surface area contributed by atoms with Crippen molar-refractivity contribution in [2.45, 2.75) is 51.5 Å². The predicted molar refractivity (Wildman–Crippen MR) is 67.3 cm³/mol. The molecule has 5 nitrogen and oxygen atoms in total. The van der Waals surface area contributed by atoms with Gasteiger partial charge >= 0.3 is 5.97 Å². The number of rotatable bonds is 7. The molecule has 0 aromatic heterocycles. The summed E-state index contributed by atoms with van der Waals surface area (Å²) in [6.45, 7) is 4.51. The van der Waals surface area contributed by atoms with Crippen molar-refractivity contribution in [2.24, 2.45) is 5.92 Å². The first-order valence-electron chi connectivity index (χ1n) is 6.69. The van der Waals surface area contributed by atoms with E-state index in [4.69, 9.17) is 4.74 Å². The van der Waals surface area contributed by atoms with Gasteiger partial charge < -0.3 is 15.2 Å². The van der Waals surface area contributed by atoms with E-state index in [2.05, 4.69) is 5.32 Å². The van der Waals surface area contributed by atoms with Gasteiger partial charge in [-0.05, 0) is 12.8 Å². The van der Waals surface area contributed by atoms with E-state index in [1.165, 1.54) is 0 Å². The molecule has 0 radical (unpaired) electrons. The minimum Gasteiger partial charge on any atom is -0.479 e. The lowest BCUT2D eigenvalue weighted by Crippen LogP contribution is -2.56. The SMILES string of the molecule is CCCC(CCC)C(=O)NC1(C(=O)O)CCOC1. The van der Waals surface area contributed by atoms with Gasteiger partial charge in [-0.2, -0.15) is 0 Å². The van der Waals surface area contributed by atoms with Crippen LogP contribution in [0.15, 0.2) is 0 Å². The number of carboxylic acids is 1. The van der Waals surface area contributed by atoms with E-state index in [9.17, 15) is 14.7 Å². The largest absolute Gasteiger partial charge is 0.479 e. The van der Waals surface area contributed by atoms with Crippen LogP contribution < -0.4 is 5.32 Å². The van der Waals surface area contributed by atoms with Gasteiger partial charge in [-0.25, -0.2) is 4.79 Å². The standard InChI is InChI=1S/C13H23NO4/c1-3-5-10(6-4-2)11(15)14-13(12(16)17)7-8-18-9-13/h10H,3-9H2,1-2H3,(H,14,15)(H,16,17). The lowest BCUT2D eigenvalue weighted by Gasteiger charge is -2.26. The Labute approximate surface area is 108 Å². The molecule has 0 bridgehead atoms. The van der Waals surface area contributed by atoms with E-state index in [1.54, 1.807) is 0 Å². The second kappa shape index (κ2) is 6.73. The summed E-state index contributed by atoms with van der Waals surface area (Å²) in [5.74, 6) is -1.23. The molecule has 0 aromatic carbocycles. The number of amides is 1. The highest BCUT2D eigenvalue weighted by Crippen LogP contribution is 2.21. The maximum absolute atomic E-state index is 12.2. The Balaban J connectivity index is 2.67. The molecule has 1 amide bonds. The Morgan fingerprint density at radius 1 is 1.33 bits per heavy atom. The number of nitrogens with one attached hydrogen (secondary N) is 1. The van der Waals surface area contributed by atoms with E-state index in [-0.39, 0.29) is 18.4 Å². The van der Waals surface area contributed by atoms with Crippen LogP contribution in [0.2, 0.25) is 0 Å². The molecule has 1 aliphatic heterocycles. The number of ether oxygens (including phenoxy) is 1. The maximum Gasteiger partial charge on any atom is 0.331 e. The molecule has 0 spiro atoms. The summed E-state index contributed by atoms with van der Waals surface area (Å²) in [6, 6.07) is 0. The van der Waals surface area contributed by atoms with E-state index >= 15 is 0 Å². The van der Waals surface area contributed by atoms with Gasteiger partial charge in [0.25, 0.3) is 0 Å². The van der Waals surface area contributed by atoms with Gasteiger partial charge in [0.2, 0.25) is 5.91 Å². The molecule has 1 atom stereocenters. The van der Waals surface area contributed by atoms with Gasteiger partial charge in [-0.1, -0.05) is 26.7 Å². The fourth-order valence-corrected chi connectivity index (χ4v) is 2.33. The number of carbonyl (C=O) groups excluding carboxylic acids is 1. The third kappa shape index (κ3) is 3.45. The van der Waals surface area contributed by atoms with Crippen molar-refractivity contribution in [3.05, 3.63) is 0 Å². The molecule has 1 rings (SSSR count). The van der Waals surface area contributed by atoms with E-state index in [0.29, 0.717) is 13.0 Å². The number of hydrogen-bond acceptors (Lipinski definition) is 3. The van der Waals surface area contributed by atoms with E-state index in [1.807, 2.05) is 13.8 Å². The highest BCUT2D eigenvalue weighted by molar-refractivity contribution is 5.88. The quantitative estimate of drug-likeness (QED) is 0.725. The molecule has 2 N–H and O–H groups in total. The first-order valence-corrected chi connectivity index (χ1v) is 6.69. The number of carboxylic acid groups (broad SMARTS) is 1. The Kier molecular flexibility index (Phi) is 5.59. The number of aliphatic carboxylic acids is 1. The minimum atomic E-state index is -1.21. The van der Waals surface area contributed by atoms with Crippen LogP contribution in [0.3, 0.4) is 0 Å².